The second-order valence-electron chi connectivity index (χ2n) is 6.18. The highest BCUT2D eigenvalue weighted by molar-refractivity contribution is 7.90. The maximum Gasteiger partial charge on any atom is 0.239 e. The molecule has 24 heavy (non-hydrogen) atoms. The molecule has 6 heteroatoms. The Hall–Kier alpha value is -1.66. The average molecular weight is 366 g/mol. The van der Waals surface area contributed by atoms with Gasteiger partial charge in [0.05, 0.1) is 5.25 Å². The van der Waals surface area contributed by atoms with Gasteiger partial charge in [0.2, 0.25) is 15.9 Å². The lowest BCUT2D eigenvalue weighted by Gasteiger charge is -2.26. The molecule has 1 amide bonds. The molecule has 130 valence electrons. The van der Waals surface area contributed by atoms with E-state index in [4.69, 9.17) is 0 Å². The number of carbonyl (C=O) groups is 1. The standard InChI is InChI=1S/C18H23NO3S2/c1-13(2)24(21,22)19(15(4)20)11-14(3)16-5-7-17(8-6-16)18-9-10-23-12-18/h5-10,12-14H,11H2,1-4H3. The molecular weight excluding hydrogens is 342 g/mol. The first-order valence-corrected chi connectivity index (χ1v) is 10.3. The normalized spacial score (nSPS) is 13.0. The van der Waals surface area contributed by atoms with Crippen LogP contribution in [-0.2, 0) is 14.8 Å². The lowest BCUT2D eigenvalue weighted by atomic mass is 9.98. The van der Waals surface area contributed by atoms with Crippen molar-refractivity contribution < 1.29 is 13.2 Å². The van der Waals surface area contributed by atoms with Crippen LogP contribution >= 0.6 is 11.3 Å². The van der Waals surface area contributed by atoms with Gasteiger partial charge in [0, 0.05) is 13.5 Å². The van der Waals surface area contributed by atoms with Gasteiger partial charge in [-0.2, -0.15) is 11.3 Å². The topological polar surface area (TPSA) is 54.5 Å². The number of rotatable bonds is 6. The maximum atomic E-state index is 12.4. The van der Waals surface area contributed by atoms with Crippen LogP contribution in [0, 0.1) is 0 Å². The summed E-state index contributed by atoms with van der Waals surface area (Å²) in [6.07, 6.45) is 0. The van der Waals surface area contributed by atoms with Crippen LogP contribution in [0.15, 0.2) is 41.1 Å². The van der Waals surface area contributed by atoms with Gasteiger partial charge in [0.1, 0.15) is 0 Å². The third-order valence-electron chi connectivity index (χ3n) is 4.03. The van der Waals surface area contributed by atoms with E-state index in [1.807, 2.05) is 36.6 Å². The molecule has 1 heterocycles. The molecule has 0 aliphatic rings. The summed E-state index contributed by atoms with van der Waals surface area (Å²) in [5.74, 6) is -0.510. The Labute approximate surface area is 148 Å². The van der Waals surface area contributed by atoms with E-state index in [2.05, 4.69) is 11.4 Å². The molecule has 0 aliphatic carbocycles. The molecule has 0 radical (unpaired) electrons. The van der Waals surface area contributed by atoms with E-state index in [1.54, 1.807) is 25.2 Å². The molecular formula is C18H23NO3S2. The molecule has 0 aliphatic heterocycles. The summed E-state index contributed by atoms with van der Waals surface area (Å²) in [6, 6.07) is 10.1. The van der Waals surface area contributed by atoms with Crippen molar-refractivity contribution in [1.82, 2.24) is 4.31 Å². The molecule has 1 unspecified atom stereocenters. The van der Waals surface area contributed by atoms with Crippen LogP contribution in [0.25, 0.3) is 11.1 Å². The first-order valence-electron chi connectivity index (χ1n) is 7.88. The fraction of sp³-hybridized carbons (Fsp3) is 0.389. The number of benzene rings is 1. The molecule has 1 atom stereocenters. The summed E-state index contributed by atoms with van der Waals surface area (Å²) in [4.78, 5) is 11.8. The third kappa shape index (κ3) is 4.05. The molecule has 1 aromatic heterocycles. The summed E-state index contributed by atoms with van der Waals surface area (Å²) in [5, 5.41) is 3.51. The van der Waals surface area contributed by atoms with Crippen molar-refractivity contribution in [2.24, 2.45) is 0 Å². The van der Waals surface area contributed by atoms with Gasteiger partial charge in [-0.3, -0.25) is 4.79 Å². The summed E-state index contributed by atoms with van der Waals surface area (Å²) in [5.41, 5.74) is 3.32. The third-order valence-corrected chi connectivity index (χ3v) is 6.92. The Morgan fingerprint density at radius 2 is 1.71 bits per heavy atom. The minimum Gasteiger partial charge on any atom is -0.274 e. The first kappa shape index (κ1) is 18.7. The van der Waals surface area contributed by atoms with E-state index in [0.717, 1.165) is 15.4 Å². The molecule has 0 N–H and O–H groups in total. The zero-order valence-corrected chi connectivity index (χ0v) is 16.0. The van der Waals surface area contributed by atoms with Crippen LogP contribution in [0.2, 0.25) is 0 Å². The largest absolute Gasteiger partial charge is 0.274 e. The van der Waals surface area contributed by atoms with Gasteiger partial charge < -0.3 is 0 Å². The minimum atomic E-state index is -3.60. The number of carbonyl (C=O) groups excluding carboxylic acids is 1. The Morgan fingerprint density at radius 1 is 1.08 bits per heavy atom. The highest BCUT2D eigenvalue weighted by atomic mass is 32.2. The van der Waals surface area contributed by atoms with E-state index >= 15 is 0 Å². The maximum absolute atomic E-state index is 12.4. The second-order valence-corrected chi connectivity index (χ2v) is 9.37. The molecule has 0 spiro atoms. The van der Waals surface area contributed by atoms with Crippen molar-refractivity contribution >= 4 is 27.3 Å². The van der Waals surface area contributed by atoms with E-state index in [1.165, 1.54) is 12.5 Å². The minimum absolute atomic E-state index is 0.0704. The smallest absolute Gasteiger partial charge is 0.239 e. The van der Waals surface area contributed by atoms with Crippen molar-refractivity contribution in [3.05, 3.63) is 46.7 Å². The van der Waals surface area contributed by atoms with Crippen molar-refractivity contribution in [1.29, 1.82) is 0 Å². The van der Waals surface area contributed by atoms with E-state index in [0.29, 0.717) is 0 Å². The Balaban J connectivity index is 2.18. The zero-order chi connectivity index (χ0) is 17.9. The average Bonchev–Trinajstić information content (AvgIpc) is 3.06. The zero-order valence-electron chi connectivity index (χ0n) is 14.4. The predicted molar refractivity (Wildman–Crippen MR) is 99.6 cm³/mol. The van der Waals surface area contributed by atoms with Crippen LogP contribution < -0.4 is 0 Å². The Bertz CT molecular complexity index is 778. The number of sulfonamides is 1. The van der Waals surface area contributed by atoms with Gasteiger partial charge in [0.15, 0.2) is 0 Å². The fourth-order valence-electron chi connectivity index (χ4n) is 2.45. The van der Waals surface area contributed by atoms with Gasteiger partial charge >= 0.3 is 0 Å². The highest BCUT2D eigenvalue weighted by Crippen LogP contribution is 2.25. The molecule has 0 bridgehead atoms. The number of thiophene rings is 1. The number of nitrogens with zero attached hydrogens (tertiary/aromatic N) is 1. The van der Waals surface area contributed by atoms with E-state index < -0.39 is 21.2 Å². The monoisotopic (exact) mass is 365 g/mol. The van der Waals surface area contributed by atoms with Gasteiger partial charge in [-0.25, -0.2) is 12.7 Å². The van der Waals surface area contributed by atoms with Crippen LogP contribution in [-0.4, -0.2) is 30.4 Å². The van der Waals surface area contributed by atoms with Crippen molar-refractivity contribution in [2.45, 2.75) is 38.9 Å². The highest BCUT2D eigenvalue weighted by Gasteiger charge is 2.29. The van der Waals surface area contributed by atoms with Gasteiger partial charge in [-0.1, -0.05) is 31.2 Å². The predicted octanol–water partition coefficient (Wildman–Crippen LogP) is 4.11. The van der Waals surface area contributed by atoms with Crippen molar-refractivity contribution in [3.8, 4) is 11.1 Å². The fourth-order valence-corrected chi connectivity index (χ4v) is 4.42. The van der Waals surface area contributed by atoms with Crippen LogP contribution in [0.5, 0.6) is 0 Å². The molecule has 0 saturated carbocycles. The second kappa shape index (κ2) is 7.49. The Morgan fingerprint density at radius 3 is 2.17 bits per heavy atom. The molecule has 0 saturated heterocycles. The number of hydrogen-bond acceptors (Lipinski definition) is 4. The van der Waals surface area contributed by atoms with Crippen LogP contribution in [0.3, 0.4) is 0 Å². The van der Waals surface area contributed by atoms with E-state index in [9.17, 15) is 13.2 Å². The molecule has 4 nitrogen and oxygen atoms in total. The molecule has 2 aromatic rings. The summed E-state index contributed by atoms with van der Waals surface area (Å²) in [6.45, 7) is 6.57. The van der Waals surface area contributed by atoms with Gasteiger partial charge in [-0.05, 0) is 53.3 Å². The van der Waals surface area contributed by atoms with Crippen molar-refractivity contribution in [2.75, 3.05) is 6.54 Å². The van der Waals surface area contributed by atoms with E-state index in [-0.39, 0.29) is 12.5 Å². The number of amides is 1. The Kier molecular flexibility index (Phi) is 5.83. The number of hydrogen-bond donors (Lipinski definition) is 0. The van der Waals surface area contributed by atoms with Crippen molar-refractivity contribution in [3.63, 3.8) is 0 Å². The summed E-state index contributed by atoms with van der Waals surface area (Å²) < 4.78 is 25.7. The SMILES string of the molecule is CC(=O)N(CC(C)c1ccc(-c2ccsc2)cc1)S(=O)(=O)C(C)C. The summed E-state index contributed by atoms with van der Waals surface area (Å²) in [7, 11) is -3.60. The molecule has 1 aromatic carbocycles. The van der Waals surface area contributed by atoms with Gasteiger partial charge in [0.25, 0.3) is 0 Å². The van der Waals surface area contributed by atoms with Gasteiger partial charge in [-0.15, -0.1) is 0 Å². The molecule has 0 fully saturated rings. The first-order chi connectivity index (χ1) is 11.2. The van der Waals surface area contributed by atoms with Crippen LogP contribution in [0.1, 0.15) is 39.2 Å². The lowest BCUT2D eigenvalue weighted by Crippen LogP contribution is -2.41. The quantitative estimate of drug-likeness (QED) is 0.774. The summed E-state index contributed by atoms with van der Waals surface area (Å²) >= 11 is 1.65. The van der Waals surface area contributed by atoms with Crippen LogP contribution in [0.4, 0.5) is 0 Å². The molecule has 2 rings (SSSR count). The lowest BCUT2D eigenvalue weighted by molar-refractivity contribution is -0.124.